The predicted molar refractivity (Wildman–Crippen MR) is 112 cm³/mol. The summed E-state index contributed by atoms with van der Waals surface area (Å²) in [6, 6.07) is 12.8. The normalized spacial score (nSPS) is 15.0. The molecule has 1 aromatic heterocycles. The highest BCUT2D eigenvalue weighted by Crippen LogP contribution is 2.24. The lowest BCUT2D eigenvalue weighted by atomic mass is 10.1. The van der Waals surface area contributed by atoms with Crippen molar-refractivity contribution in [2.75, 3.05) is 43.4 Å². The molecular formula is C21H21ClN4O2. The minimum atomic E-state index is -0.673. The molecule has 0 unspecified atom stereocenters. The molecule has 0 radical (unpaired) electrons. The van der Waals surface area contributed by atoms with Gasteiger partial charge in [-0.15, -0.1) is 0 Å². The van der Waals surface area contributed by atoms with Crippen molar-refractivity contribution in [2.24, 2.45) is 0 Å². The number of anilines is 2. The van der Waals surface area contributed by atoms with E-state index in [-0.39, 0.29) is 0 Å². The number of rotatable bonds is 4. The number of carbonyl (C=O) groups is 2. The molecule has 0 saturated carbocycles. The highest BCUT2D eigenvalue weighted by Gasteiger charge is 2.20. The van der Waals surface area contributed by atoms with E-state index in [0.717, 1.165) is 37.4 Å². The van der Waals surface area contributed by atoms with Crippen molar-refractivity contribution in [3.05, 3.63) is 59.2 Å². The molecule has 6 nitrogen and oxygen atoms in total. The van der Waals surface area contributed by atoms with Gasteiger partial charge in [0, 0.05) is 59.7 Å². The molecule has 144 valence electrons. The second-order valence-corrected chi connectivity index (χ2v) is 7.45. The van der Waals surface area contributed by atoms with E-state index in [4.69, 9.17) is 11.6 Å². The Balaban J connectivity index is 1.45. The third-order valence-corrected chi connectivity index (χ3v) is 5.32. The van der Waals surface area contributed by atoms with Gasteiger partial charge in [0.15, 0.2) is 0 Å². The van der Waals surface area contributed by atoms with Crippen LogP contribution in [-0.2, 0) is 4.79 Å². The molecule has 28 heavy (non-hydrogen) atoms. The smallest absolute Gasteiger partial charge is 0.296 e. The van der Waals surface area contributed by atoms with Gasteiger partial charge >= 0.3 is 0 Å². The van der Waals surface area contributed by atoms with Crippen LogP contribution in [0.1, 0.15) is 10.4 Å². The number of likely N-dealkylation sites (N-methyl/N-ethyl adjacent to an activating group) is 1. The molecule has 1 aliphatic heterocycles. The van der Waals surface area contributed by atoms with Crippen molar-refractivity contribution in [3.63, 3.8) is 0 Å². The Hall–Kier alpha value is -2.83. The van der Waals surface area contributed by atoms with Crippen molar-refractivity contribution >= 4 is 45.6 Å². The molecule has 4 rings (SSSR count). The quantitative estimate of drug-likeness (QED) is 0.524. The van der Waals surface area contributed by atoms with Crippen molar-refractivity contribution < 1.29 is 9.59 Å². The van der Waals surface area contributed by atoms with Crippen LogP contribution in [0.2, 0.25) is 5.02 Å². The molecule has 0 bridgehead atoms. The monoisotopic (exact) mass is 396 g/mol. The maximum absolute atomic E-state index is 12.6. The van der Waals surface area contributed by atoms with Crippen LogP contribution in [0.25, 0.3) is 10.9 Å². The second-order valence-electron chi connectivity index (χ2n) is 7.01. The average molecular weight is 397 g/mol. The number of fused-ring (bicyclic) bond motifs is 1. The third kappa shape index (κ3) is 3.74. The molecule has 1 amide bonds. The van der Waals surface area contributed by atoms with E-state index in [0.29, 0.717) is 21.7 Å². The van der Waals surface area contributed by atoms with Gasteiger partial charge in [0.25, 0.3) is 11.7 Å². The number of hydrogen-bond acceptors (Lipinski definition) is 4. The summed E-state index contributed by atoms with van der Waals surface area (Å²) < 4.78 is 0. The van der Waals surface area contributed by atoms with E-state index in [1.165, 1.54) is 0 Å². The first-order chi connectivity index (χ1) is 13.5. The zero-order valence-corrected chi connectivity index (χ0v) is 16.3. The molecule has 0 spiro atoms. The van der Waals surface area contributed by atoms with Gasteiger partial charge in [-0.1, -0.05) is 11.6 Å². The Morgan fingerprint density at radius 1 is 1.04 bits per heavy atom. The maximum Gasteiger partial charge on any atom is 0.296 e. The number of ketones is 1. The van der Waals surface area contributed by atoms with Crippen LogP contribution in [0.15, 0.2) is 48.7 Å². The number of carbonyl (C=O) groups excluding carboxylic acids is 2. The van der Waals surface area contributed by atoms with Crippen LogP contribution in [0, 0.1) is 0 Å². The fourth-order valence-electron chi connectivity index (χ4n) is 3.41. The maximum atomic E-state index is 12.6. The molecule has 1 fully saturated rings. The van der Waals surface area contributed by atoms with E-state index in [2.05, 4.69) is 27.1 Å². The lowest BCUT2D eigenvalue weighted by molar-refractivity contribution is -0.112. The van der Waals surface area contributed by atoms with Crippen LogP contribution >= 0.6 is 11.6 Å². The molecule has 2 aromatic carbocycles. The van der Waals surface area contributed by atoms with Crippen molar-refractivity contribution in [3.8, 4) is 0 Å². The Morgan fingerprint density at radius 3 is 2.46 bits per heavy atom. The zero-order chi connectivity index (χ0) is 19.7. The Morgan fingerprint density at radius 2 is 1.75 bits per heavy atom. The van der Waals surface area contributed by atoms with E-state index in [9.17, 15) is 9.59 Å². The van der Waals surface area contributed by atoms with Gasteiger partial charge in [0.2, 0.25) is 0 Å². The SMILES string of the molecule is CN1CCN(c2ccc(NC(=O)C(=O)c3c[nH]c4ccc(Cl)cc34)cc2)CC1. The molecular weight excluding hydrogens is 376 g/mol. The van der Waals surface area contributed by atoms with Gasteiger partial charge in [-0.3, -0.25) is 9.59 Å². The third-order valence-electron chi connectivity index (χ3n) is 5.09. The zero-order valence-electron chi connectivity index (χ0n) is 15.5. The van der Waals surface area contributed by atoms with E-state index in [1.807, 2.05) is 24.3 Å². The first-order valence-corrected chi connectivity index (χ1v) is 9.55. The lowest BCUT2D eigenvalue weighted by Gasteiger charge is -2.34. The molecule has 7 heteroatoms. The number of halogens is 1. The fraction of sp³-hybridized carbons (Fsp3) is 0.238. The summed E-state index contributed by atoms with van der Waals surface area (Å²) in [6.07, 6.45) is 1.54. The van der Waals surface area contributed by atoms with Gasteiger partial charge in [0.1, 0.15) is 0 Å². The predicted octanol–water partition coefficient (Wildman–Crippen LogP) is 3.39. The van der Waals surface area contributed by atoms with Crippen molar-refractivity contribution in [1.29, 1.82) is 0 Å². The van der Waals surface area contributed by atoms with Crippen LogP contribution in [-0.4, -0.2) is 54.8 Å². The molecule has 3 aromatic rings. The first-order valence-electron chi connectivity index (χ1n) is 9.17. The highest BCUT2D eigenvalue weighted by atomic mass is 35.5. The Labute approximate surface area is 168 Å². The fourth-order valence-corrected chi connectivity index (χ4v) is 3.58. The standard InChI is InChI=1S/C21H21ClN4O2/c1-25-8-10-26(11-9-25)16-5-3-15(4-6-16)24-21(28)20(27)18-13-23-19-7-2-14(22)12-17(18)19/h2-7,12-13,23H,8-11H2,1H3,(H,24,28). The van der Waals surface area contributed by atoms with Crippen LogP contribution in [0.4, 0.5) is 11.4 Å². The number of aromatic amines is 1. The number of nitrogens with one attached hydrogen (secondary N) is 2. The number of benzene rings is 2. The minimum absolute atomic E-state index is 0.309. The summed E-state index contributed by atoms with van der Waals surface area (Å²) in [5.74, 6) is -1.27. The average Bonchev–Trinajstić information content (AvgIpc) is 3.11. The number of piperazine rings is 1. The van der Waals surface area contributed by atoms with E-state index >= 15 is 0 Å². The van der Waals surface area contributed by atoms with Crippen molar-refractivity contribution in [2.45, 2.75) is 0 Å². The summed E-state index contributed by atoms with van der Waals surface area (Å²) in [6.45, 7) is 4.01. The van der Waals surface area contributed by atoms with E-state index in [1.54, 1.807) is 24.4 Å². The number of nitrogens with zero attached hydrogens (tertiary/aromatic N) is 2. The van der Waals surface area contributed by atoms with Gasteiger partial charge in [-0.2, -0.15) is 0 Å². The summed E-state index contributed by atoms with van der Waals surface area (Å²) in [5, 5.41) is 3.84. The van der Waals surface area contributed by atoms with Gasteiger partial charge < -0.3 is 20.1 Å². The number of H-pyrrole nitrogens is 1. The number of hydrogen-bond donors (Lipinski definition) is 2. The van der Waals surface area contributed by atoms with Crippen LogP contribution in [0.3, 0.4) is 0 Å². The lowest BCUT2D eigenvalue weighted by Crippen LogP contribution is -2.44. The number of aromatic nitrogens is 1. The van der Waals surface area contributed by atoms with Crippen LogP contribution < -0.4 is 10.2 Å². The Kier molecular flexibility index (Phi) is 5.07. The highest BCUT2D eigenvalue weighted by molar-refractivity contribution is 6.48. The summed E-state index contributed by atoms with van der Waals surface area (Å²) >= 11 is 6.02. The molecule has 0 atom stereocenters. The van der Waals surface area contributed by atoms with Crippen molar-refractivity contribution in [1.82, 2.24) is 9.88 Å². The molecule has 0 aliphatic carbocycles. The topological polar surface area (TPSA) is 68.4 Å². The first kappa shape index (κ1) is 18.5. The van der Waals surface area contributed by atoms with Crippen LogP contribution in [0.5, 0.6) is 0 Å². The number of amides is 1. The largest absolute Gasteiger partial charge is 0.369 e. The molecule has 1 saturated heterocycles. The minimum Gasteiger partial charge on any atom is -0.369 e. The van der Waals surface area contributed by atoms with Gasteiger partial charge in [-0.25, -0.2) is 0 Å². The summed E-state index contributed by atoms with van der Waals surface area (Å²) in [7, 11) is 2.12. The van der Waals surface area contributed by atoms with Gasteiger partial charge in [-0.05, 0) is 49.5 Å². The van der Waals surface area contributed by atoms with E-state index < -0.39 is 11.7 Å². The number of Topliss-reactive ketones (excluding diaryl/α,β-unsaturated/α-hetero) is 1. The Bertz CT molecular complexity index is 1020. The molecule has 1 aliphatic rings. The van der Waals surface area contributed by atoms with Gasteiger partial charge in [0.05, 0.1) is 5.56 Å². The second kappa shape index (κ2) is 7.66. The summed E-state index contributed by atoms with van der Waals surface area (Å²) in [5.41, 5.74) is 2.78. The molecule has 2 heterocycles. The molecule has 2 N–H and O–H groups in total. The summed E-state index contributed by atoms with van der Waals surface area (Å²) in [4.78, 5) is 32.6.